The van der Waals surface area contributed by atoms with Crippen LogP contribution < -0.4 is 10.6 Å². The van der Waals surface area contributed by atoms with Crippen LogP contribution in [0.25, 0.3) is 0 Å². The molecule has 0 saturated heterocycles. The predicted molar refractivity (Wildman–Crippen MR) is 107 cm³/mol. The normalized spacial score (nSPS) is 10.5. The van der Waals surface area contributed by atoms with E-state index < -0.39 is 0 Å². The Morgan fingerprint density at radius 2 is 1.89 bits per heavy atom. The number of carbonyl (C=O) groups excluding carboxylic acids is 2. The largest absolute Gasteiger partial charge is 0.364 e. The van der Waals surface area contributed by atoms with Gasteiger partial charge in [-0.1, -0.05) is 59.3 Å². The summed E-state index contributed by atoms with van der Waals surface area (Å²) in [5.74, 6) is -0.612. The maximum absolute atomic E-state index is 12.2. The first-order chi connectivity index (χ1) is 13.6. The Balaban J connectivity index is 1.41. The zero-order chi connectivity index (χ0) is 19.8. The molecule has 0 atom stereocenters. The first kappa shape index (κ1) is 19.9. The van der Waals surface area contributed by atoms with Gasteiger partial charge in [0.2, 0.25) is 10.9 Å². The molecule has 0 aliphatic carbocycles. The highest BCUT2D eigenvalue weighted by atomic mass is 35.5. The summed E-state index contributed by atoms with van der Waals surface area (Å²) in [6.45, 7) is 0.437. The second kappa shape index (κ2) is 9.93. The molecule has 0 bridgehead atoms. The number of hydrogen-bond donors (Lipinski definition) is 2. The number of benzene rings is 2. The minimum absolute atomic E-state index is 0.0981. The van der Waals surface area contributed by atoms with Gasteiger partial charge in [0.05, 0.1) is 0 Å². The Kier molecular flexibility index (Phi) is 7.07. The molecule has 3 aromatic rings. The van der Waals surface area contributed by atoms with Crippen LogP contribution in [-0.2, 0) is 22.7 Å². The highest BCUT2D eigenvalue weighted by molar-refractivity contribution is 7.13. The van der Waals surface area contributed by atoms with Crippen molar-refractivity contribution >= 4 is 40.4 Å². The molecule has 0 spiro atoms. The Labute approximate surface area is 170 Å². The zero-order valence-electron chi connectivity index (χ0n) is 14.7. The minimum atomic E-state index is -0.383. The molecule has 144 valence electrons. The zero-order valence-corrected chi connectivity index (χ0v) is 16.3. The maximum atomic E-state index is 12.2. The smallest absolute Gasteiger partial charge is 0.286 e. The van der Waals surface area contributed by atoms with Crippen LogP contribution in [0.4, 0.5) is 5.69 Å². The van der Waals surface area contributed by atoms with Gasteiger partial charge in [-0.05, 0) is 23.8 Å². The number of aromatic nitrogens is 2. The number of halogens is 1. The Hall–Kier alpha value is -2.81. The standard InChI is InChI=1S/C19H17ClN4O3S/c20-14-7-4-8-15(9-14)22-18(26)19-24-23-17(28-19)12-27-11-16(25)21-10-13-5-2-1-3-6-13/h1-9H,10-12H2,(H,21,25)(H,22,26). The molecule has 2 aromatic carbocycles. The summed E-state index contributed by atoms with van der Waals surface area (Å²) in [5.41, 5.74) is 1.58. The van der Waals surface area contributed by atoms with Gasteiger partial charge in [-0.2, -0.15) is 0 Å². The van der Waals surface area contributed by atoms with Gasteiger partial charge < -0.3 is 15.4 Å². The molecule has 1 aromatic heterocycles. The quantitative estimate of drug-likeness (QED) is 0.587. The molecule has 0 radical (unpaired) electrons. The fraction of sp³-hybridized carbons (Fsp3) is 0.158. The topological polar surface area (TPSA) is 93.2 Å². The summed E-state index contributed by atoms with van der Waals surface area (Å²) in [6.07, 6.45) is 0. The van der Waals surface area contributed by atoms with Gasteiger partial charge >= 0.3 is 0 Å². The van der Waals surface area contributed by atoms with Crippen molar-refractivity contribution in [2.45, 2.75) is 13.2 Å². The Morgan fingerprint density at radius 1 is 1.07 bits per heavy atom. The van der Waals surface area contributed by atoms with E-state index in [9.17, 15) is 9.59 Å². The molecule has 3 rings (SSSR count). The predicted octanol–water partition coefficient (Wildman–Crippen LogP) is 3.28. The maximum Gasteiger partial charge on any atom is 0.286 e. The molecule has 7 nitrogen and oxygen atoms in total. The lowest BCUT2D eigenvalue weighted by Gasteiger charge is -2.05. The van der Waals surface area contributed by atoms with Crippen molar-refractivity contribution in [1.29, 1.82) is 0 Å². The third kappa shape index (κ3) is 6.12. The van der Waals surface area contributed by atoms with E-state index in [1.165, 1.54) is 0 Å². The van der Waals surface area contributed by atoms with Crippen LogP contribution in [0.3, 0.4) is 0 Å². The minimum Gasteiger partial charge on any atom is -0.364 e. The van der Waals surface area contributed by atoms with Gasteiger partial charge in [0, 0.05) is 17.3 Å². The average Bonchev–Trinajstić information content (AvgIpc) is 3.16. The van der Waals surface area contributed by atoms with E-state index in [1.807, 2.05) is 30.3 Å². The summed E-state index contributed by atoms with van der Waals surface area (Å²) in [4.78, 5) is 24.0. The van der Waals surface area contributed by atoms with E-state index in [4.69, 9.17) is 16.3 Å². The van der Waals surface area contributed by atoms with Crippen molar-refractivity contribution < 1.29 is 14.3 Å². The molecule has 0 aliphatic rings. The number of amides is 2. The molecule has 2 amide bonds. The van der Waals surface area contributed by atoms with Crippen LogP contribution in [0.2, 0.25) is 5.02 Å². The molecular formula is C19H17ClN4O3S. The van der Waals surface area contributed by atoms with E-state index in [0.717, 1.165) is 16.9 Å². The molecule has 28 heavy (non-hydrogen) atoms. The van der Waals surface area contributed by atoms with Crippen molar-refractivity contribution in [1.82, 2.24) is 15.5 Å². The first-order valence-corrected chi connectivity index (χ1v) is 9.57. The molecule has 1 heterocycles. The van der Waals surface area contributed by atoms with Crippen LogP contribution in [0, 0.1) is 0 Å². The van der Waals surface area contributed by atoms with Crippen molar-refractivity contribution in [3.8, 4) is 0 Å². The lowest BCUT2D eigenvalue weighted by atomic mass is 10.2. The Bertz CT molecular complexity index is 949. The van der Waals surface area contributed by atoms with Crippen molar-refractivity contribution in [2.75, 3.05) is 11.9 Å². The van der Waals surface area contributed by atoms with Gasteiger partial charge in [-0.3, -0.25) is 9.59 Å². The van der Waals surface area contributed by atoms with Gasteiger partial charge in [0.1, 0.15) is 18.2 Å². The van der Waals surface area contributed by atoms with Crippen LogP contribution in [-0.4, -0.2) is 28.6 Å². The van der Waals surface area contributed by atoms with Crippen molar-refractivity contribution in [3.63, 3.8) is 0 Å². The number of nitrogens with one attached hydrogen (secondary N) is 2. The van der Waals surface area contributed by atoms with E-state index in [1.54, 1.807) is 24.3 Å². The van der Waals surface area contributed by atoms with Crippen LogP contribution in [0.15, 0.2) is 54.6 Å². The van der Waals surface area contributed by atoms with Crippen LogP contribution in [0.5, 0.6) is 0 Å². The van der Waals surface area contributed by atoms with Crippen molar-refractivity contribution in [3.05, 3.63) is 75.2 Å². The number of rotatable bonds is 8. The summed E-state index contributed by atoms with van der Waals surface area (Å²) in [5, 5.41) is 14.5. The number of ether oxygens (including phenoxy) is 1. The summed E-state index contributed by atoms with van der Waals surface area (Å²) in [6, 6.07) is 16.4. The SMILES string of the molecule is O=C(COCc1nnc(C(=O)Nc2cccc(Cl)c2)s1)NCc1ccccc1. The molecular weight excluding hydrogens is 400 g/mol. The first-order valence-electron chi connectivity index (χ1n) is 8.38. The molecule has 0 unspecified atom stereocenters. The van der Waals surface area contributed by atoms with Gasteiger partial charge in [-0.25, -0.2) is 0 Å². The van der Waals surface area contributed by atoms with Crippen molar-refractivity contribution in [2.24, 2.45) is 0 Å². The molecule has 0 aliphatic heterocycles. The third-order valence-corrected chi connectivity index (χ3v) is 4.67. The molecule has 9 heteroatoms. The van der Waals surface area contributed by atoms with Crippen LogP contribution in [0.1, 0.15) is 20.4 Å². The summed E-state index contributed by atoms with van der Waals surface area (Å²) < 4.78 is 5.34. The summed E-state index contributed by atoms with van der Waals surface area (Å²) in [7, 11) is 0. The lowest BCUT2D eigenvalue weighted by molar-refractivity contribution is -0.126. The monoisotopic (exact) mass is 416 g/mol. The van der Waals surface area contributed by atoms with Gasteiger partial charge in [-0.15, -0.1) is 10.2 Å². The fourth-order valence-corrected chi connectivity index (χ4v) is 3.10. The number of hydrogen-bond acceptors (Lipinski definition) is 6. The number of nitrogens with zero attached hydrogens (tertiary/aromatic N) is 2. The van der Waals surface area contributed by atoms with E-state index in [0.29, 0.717) is 22.3 Å². The fourth-order valence-electron chi connectivity index (χ4n) is 2.23. The Morgan fingerprint density at radius 3 is 2.68 bits per heavy atom. The highest BCUT2D eigenvalue weighted by Gasteiger charge is 2.14. The molecule has 0 saturated carbocycles. The third-order valence-electron chi connectivity index (χ3n) is 3.53. The number of carbonyl (C=O) groups is 2. The van der Waals surface area contributed by atoms with E-state index in [2.05, 4.69) is 20.8 Å². The highest BCUT2D eigenvalue weighted by Crippen LogP contribution is 2.17. The average molecular weight is 417 g/mol. The second-order valence-electron chi connectivity index (χ2n) is 5.72. The second-order valence-corrected chi connectivity index (χ2v) is 7.22. The summed E-state index contributed by atoms with van der Waals surface area (Å²) >= 11 is 6.99. The van der Waals surface area contributed by atoms with Gasteiger partial charge in [0.15, 0.2) is 0 Å². The number of anilines is 1. The van der Waals surface area contributed by atoms with E-state index >= 15 is 0 Å². The van der Waals surface area contributed by atoms with Gasteiger partial charge in [0.25, 0.3) is 5.91 Å². The lowest BCUT2D eigenvalue weighted by Crippen LogP contribution is -2.27. The van der Waals surface area contributed by atoms with Crippen LogP contribution >= 0.6 is 22.9 Å². The molecule has 0 fully saturated rings. The van der Waals surface area contributed by atoms with E-state index in [-0.39, 0.29) is 30.0 Å². The molecule has 2 N–H and O–H groups in total.